The van der Waals surface area contributed by atoms with Crippen LogP contribution >= 0.6 is 22.6 Å². The first-order chi connectivity index (χ1) is 14.4. The number of rotatable bonds is 4. The van der Waals surface area contributed by atoms with Crippen molar-refractivity contribution in [1.29, 1.82) is 5.26 Å². The number of hydrogen-bond acceptors (Lipinski definition) is 6. The van der Waals surface area contributed by atoms with E-state index in [0.717, 1.165) is 9.26 Å². The van der Waals surface area contributed by atoms with E-state index in [4.69, 9.17) is 15.2 Å². The minimum absolute atomic E-state index is 0.0302. The molecule has 30 heavy (non-hydrogen) atoms. The van der Waals surface area contributed by atoms with Crippen molar-refractivity contribution >= 4 is 28.2 Å². The molecule has 2 aromatic carbocycles. The number of hydrogen-bond donors (Lipinski definition) is 2. The van der Waals surface area contributed by atoms with Crippen LogP contribution in [0.25, 0.3) is 11.3 Å². The third-order valence-corrected chi connectivity index (χ3v) is 5.52. The van der Waals surface area contributed by atoms with Crippen LogP contribution < -0.4 is 15.2 Å². The summed E-state index contributed by atoms with van der Waals surface area (Å²) >= 11 is 2.24. The molecule has 0 radical (unpaired) electrons. The average molecular weight is 514 g/mol. The van der Waals surface area contributed by atoms with Crippen molar-refractivity contribution in [2.45, 2.75) is 20.1 Å². The zero-order valence-electron chi connectivity index (χ0n) is 16.4. The van der Waals surface area contributed by atoms with Crippen LogP contribution in [0.5, 0.6) is 17.4 Å². The molecule has 4 rings (SSSR count). The topological polar surface area (TPSA) is 106 Å². The van der Waals surface area contributed by atoms with Crippen molar-refractivity contribution in [1.82, 2.24) is 9.78 Å². The summed E-state index contributed by atoms with van der Waals surface area (Å²) in [7, 11) is 0. The highest BCUT2D eigenvalue weighted by Crippen LogP contribution is 2.43. The lowest BCUT2D eigenvalue weighted by atomic mass is 9.91. The Hall–Kier alpha value is -3.03. The fourth-order valence-corrected chi connectivity index (χ4v) is 3.84. The number of nitrogens with zero attached hydrogens (tertiary/aromatic N) is 3. The first kappa shape index (κ1) is 20.3. The van der Waals surface area contributed by atoms with Crippen LogP contribution in [0, 0.1) is 21.8 Å². The van der Waals surface area contributed by atoms with Crippen LogP contribution in [-0.4, -0.2) is 27.7 Å². The molecule has 0 amide bonds. The van der Waals surface area contributed by atoms with E-state index in [0.29, 0.717) is 46.2 Å². The second-order valence-corrected chi connectivity index (χ2v) is 7.95. The Balaban J connectivity index is 1.95. The first-order valence-electron chi connectivity index (χ1n) is 9.33. The Morgan fingerprint density at radius 2 is 2.03 bits per heavy atom. The molecule has 1 aliphatic heterocycles. The van der Waals surface area contributed by atoms with Gasteiger partial charge < -0.3 is 14.6 Å². The molecule has 0 bridgehead atoms. The second-order valence-electron chi connectivity index (χ2n) is 6.71. The predicted molar refractivity (Wildman–Crippen MR) is 121 cm³/mol. The van der Waals surface area contributed by atoms with Crippen molar-refractivity contribution in [2.75, 3.05) is 6.61 Å². The quantitative estimate of drug-likeness (QED) is 0.512. The number of halogens is 1. The van der Waals surface area contributed by atoms with E-state index in [1.807, 2.05) is 38.1 Å². The summed E-state index contributed by atoms with van der Waals surface area (Å²) < 4.78 is 14.3. The first-order valence-corrected chi connectivity index (χ1v) is 10.4. The van der Waals surface area contributed by atoms with Gasteiger partial charge in [-0.25, -0.2) is 4.68 Å². The van der Waals surface area contributed by atoms with Gasteiger partial charge in [-0.1, -0.05) is 6.07 Å². The molecule has 0 saturated carbocycles. The molecule has 2 heterocycles. The molecule has 152 valence electrons. The number of aromatic nitrogens is 2. The number of nitrogens with two attached hydrogens (primary N) is 1. The lowest BCUT2D eigenvalue weighted by Gasteiger charge is -2.25. The zero-order valence-corrected chi connectivity index (χ0v) is 18.5. The van der Waals surface area contributed by atoms with Crippen LogP contribution in [-0.2, 0) is 0 Å². The molecule has 1 unspecified atom stereocenters. The molecule has 0 aliphatic carbocycles. The number of aryl methyl sites for hydroxylation is 1. The van der Waals surface area contributed by atoms with Crippen molar-refractivity contribution in [2.24, 2.45) is 5.73 Å². The number of phenols is 1. The average Bonchev–Trinajstić information content (AvgIpc) is 3.05. The lowest BCUT2D eigenvalue weighted by Crippen LogP contribution is -2.33. The van der Waals surface area contributed by atoms with Gasteiger partial charge in [0, 0.05) is 9.14 Å². The Morgan fingerprint density at radius 3 is 2.70 bits per heavy atom. The Kier molecular flexibility index (Phi) is 5.40. The number of phenolic OH excluding ortho intramolecular Hbond substituents is 1. The largest absolute Gasteiger partial charge is 0.504 e. The number of nitriles is 1. The lowest BCUT2D eigenvalue weighted by molar-refractivity contribution is 0.228. The van der Waals surface area contributed by atoms with E-state index in [1.54, 1.807) is 22.9 Å². The van der Waals surface area contributed by atoms with Gasteiger partial charge in [-0.15, -0.1) is 0 Å². The summed E-state index contributed by atoms with van der Waals surface area (Å²) in [5.41, 5.74) is 10.0. The molecule has 8 heteroatoms. The van der Waals surface area contributed by atoms with Crippen molar-refractivity contribution in [3.8, 4) is 29.1 Å². The predicted octanol–water partition coefficient (Wildman–Crippen LogP) is 3.89. The van der Waals surface area contributed by atoms with Gasteiger partial charge in [0.05, 0.1) is 29.1 Å². The molecule has 3 aromatic rings. The number of ether oxygens (including phenoxy) is 2. The highest BCUT2D eigenvalue weighted by atomic mass is 127. The second kappa shape index (κ2) is 8.01. The summed E-state index contributed by atoms with van der Waals surface area (Å²) in [6.07, 6.45) is -0.944. The highest BCUT2D eigenvalue weighted by Gasteiger charge is 2.33. The van der Waals surface area contributed by atoms with E-state index in [2.05, 4.69) is 33.8 Å². The SMILES string of the molecule is CCOc1cc(C2=C(C#N)C(N)Oc3c2c(C)nn3-c2ccc(I)cc2)ccc1O. The van der Waals surface area contributed by atoms with Crippen LogP contribution in [0.1, 0.15) is 23.7 Å². The monoisotopic (exact) mass is 514 g/mol. The molecule has 0 spiro atoms. The molecule has 1 atom stereocenters. The van der Waals surface area contributed by atoms with Gasteiger partial charge in [0.25, 0.3) is 0 Å². The Bertz CT molecular complexity index is 1190. The minimum atomic E-state index is -0.944. The van der Waals surface area contributed by atoms with Crippen LogP contribution in [0.4, 0.5) is 0 Å². The van der Waals surface area contributed by atoms with Crippen LogP contribution in [0.15, 0.2) is 48.0 Å². The van der Waals surface area contributed by atoms with E-state index in [9.17, 15) is 10.4 Å². The Labute approximate surface area is 187 Å². The summed E-state index contributed by atoms with van der Waals surface area (Å²) in [6.45, 7) is 4.10. The fraction of sp³-hybridized carbons (Fsp3) is 0.182. The summed E-state index contributed by atoms with van der Waals surface area (Å²) in [6, 6.07) is 15.0. The number of fused-ring (bicyclic) bond motifs is 1. The molecule has 0 fully saturated rings. The van der Waals surface area contributed by atoms with E-state index in [1.165, 1.54) is 0 Å². The van der Waals surface area contributed by atoms with Crippen molar-refractivity contribution in [3.05, 3.63) is 68.4 Å². The maximum absolute atomic E-state index is 10.1. The van der Waals surface area contributed by atoms with Gasteiger partial charge in [-0.05, 0) is 78.4 Å². The third kappa shape index (κ3) is 3.40. The van der Waals surface area contributed by atoms with Gasteiger partial charge in [0.1, 0.15) is 6.07 Å². The van der Waals surface area contributed by atoms with Gasteiger partial charge in [-0.2, -0.15) is 10.4 Å². The minimum Gasteiger partial charge on any atom is -0.504 e. The molecule has 7 nitrogen and oxygen atoms in total. The molecule has 3 N–H and O–H groups in total. The van der Waals surface area contributed by atoms with Crippen molar-refractivity contribution in [3.63, 3.8) is 0 Å². The highest BCUT2D eigenvalue weighted by molar-refractivity contribution is 14.1. The molecule has 0 saturated heterocycles. The number of benzene rings is 2. The van der Waals surface area contributed by atoms with Crippen LogP contribution in [0.2, 0.25) is 0 Å². The standard InChI is InChI=1S/C22H19IN4O3/c1-3-29-18-10-13(4-9-17(18)28)20-16(11-24)21(25)30-22-19(20)12(2)26-27(22)15-7-5-14(23)6-8-15/h4-10,21,28H,3,25H2,1-2H3. The molecule has 1 aromatic heterocycles. The van der Waals surface area contributed by atoms with Gasteiger partial charge in [-0.3, -0.25) is 5.73 Å². The molecular formula is C22H19IN4O3. The maximum Gasteiger partial charge on any atom is 0.226 e. The normalized spacial score (nSPS) is 15.4. The van der Waals surface area contributed by atoms with Gasteiger partial charge in [0.15, 0.2) is 17.7 Å². The smallest absolute Gasteiger partial charge is 0.226 e. The maximum atomic E-state index is 10.1. The zero-order chi connectivity index (χ0) is 21.4. The van der Waals surface area contributed by atoms with E-state index < -0.39 is 6.23 Å². The van der Waals surface area contributed by atoms with E-state index in [-0.39, 0.29) is 5.75 Å². The van der Waals surface area contributed by atoms with Crippen LogP contribution in [0.3, 0.4) is 0 Å². The van der Waals surface area contributed by atoms with Gasteiger partial charge in [0.2, 0.25) is 5.88 Å². The molecule has 1 aliphatic rings. The Morgan fingerprint density at radius 1 is 1.30 bits per heavy atom. The summed E-state index contributed by atoms with van der Waals surface area (Å²) in [5.74, 6) is 0.841. The summed E-state index contributed by atoms with van der Waals surface area (Å²) in [5, 5.41) is 24.6. The molecular weight excluding hydrogens is 495 g/mol. The fourth-order valence-electron chi connectivity index (χ4n) is 3.48. The van der Waals surface area contributed by atoms with E-state index >= 15 is 0 Å². The summed E-state index contributed by atoms with van der Waals surface area (Å²) in [4.78, 5) is 0. The van der Waals surface area contributed by atoms with Gasteiger partial charge >= 0.3 is 0 Å². The van der Waals surface area contributed by atoms with Crippen molar-refractivity contribution < 1.29 is 14.6 Å². The number of aromatic hydroxyl groups is 1. The third-order valence-electron chi connectivity index (χ3n) is 4.80.